The van der Waals surface area contributed by atoms with E-state index >= 15 is 0 Å². The molecule has 2 rings (SSSR count). The van der Waals surface area contributed by atoms with Gasteiger partial charge in [-0.15, -0.1) is 11.3 Å². The molecular formula is C14H19NO3S. The molecule has 0 aromatic carbocycles. The molecule has 1 aromatic heterocycles. The minimum absolute atomic E-state index is 0.00236. The standard InChI is InChI=1S/C14H19NO3S/c1-9(12-7-4-8-19-12)15(2)13(16)10-5-3-6-11(10)14(17)18/h4,7-11H,3,5-6H2,1-2H3,(H,17,18)/t9?,10-,11+/m1/s1. The Labute approximate surface area is 117 Å². The highest BCUT2D eigenvalue weighted by Gasteiger charge is 2.39. The Morgan fingerprint density at radius 1 is 1.42 bits per heavy atom. The molecule has 3 atom stereocenters. The number of hydrogen-bond acceptors (Lipinski definition) is 3. The van der Waals surface area contributed by atoms with Gasteiger partial charge in [0.15, 0.2) is 0 Å². The van der Waals surface area contributed by atoms with E-state index in [1.165, 1.54) is 0 Å². The first kappa shape index (κ1) is 14.1. The Hall–Kier alpha value is -1.36. The summed E-state index contributed by atoms with van der Waals surface area (Å²) in [6, 6.07) is 3.97. The highest BCUT2D eigenvalue weighted by atomic mass is 32.1. The number of thiophene rings is 1. The molecule has 1 unspecified atom stereocenters. The van der Waals surface area contributed by atoms with Gasteiger partial charge in [0.25, 0.3) is 0 Å². The molecule has 19 heavy (non-hydrogen) atoms. The summed E-state index contributed by atoms with van der Waals surface area (Å²) in [4.78, 5) is 26.5. The van der Waals surface area contributed by atoms with Crippen LogP contribution in [0.1, 0.15) is 37.1 Å². The van der Waals surface area contributed by atoms with Crippen LogP contribution in [0.5, 0.6) is 0 Å². The van der Waals surface area contributed by atoms with E-state index in [1.807, 2.05) is 24.4 Å². The SMILES string of the molecule is CC(c1cccs1)N(C)C(=O)[C@@H]1CCC[C@@H]1C(=O)O. The number of carboxylic acids is 1. The van der Waals surface area contributed by atoms with Crippen molar-refractivity contribution in [2.75, 3.05) is 7.05 Å². The number of aliphatic carboxylic acids is 1. The van der Waals surface area contributed by atoms with Crippen molar-refractivity contribution < 1.29 is 14.7 Å². The molecule has 0 bridgehead atoms. The zero-order chi connectivity index (χ0) is 14.0. The van der Waals surface area contributed by atoms with E-state index in [0.717, 1.165) is 11.3 Å². The van der Waals surface area contributed by atoms with Gasteiger partial charge in [-0.1, -0.05) is 12.5 Å². The monoisotopic (exact) mass is 281 g/mol. The molecule has 1 N–H and O–H groups in total. The molecule has 1 aliphatic rings. The van der Waals surface area contributed by atoms with Gasteiger partial charge >= 0.3 is 5.97 Å². The molecule has 104 valence electrons. The van der Waals surface area contributed by atoms with Crippen LogP contribution in [0.15, 0.2) is 17.5 Å². The fourth-order valence-corrected chi connectivity index (χ4v) is 3.55. The second-order valence-corrected chi connectivity index (χ2v) is 6.10. The molecule has 5 heteroatoms. The minimum Gasteiger partial charge on any atom is -0.481 e. The van der Waals surface area contributed by atoms with Crippen molar-refractivity contribution in [1.82, 2.24) is 4.90 Å². The Morgan fingerprint density at radius 2 is 2.11 bits per heavy atom. The summed E-state index contributed by atoms with van der Waals surface area (Å²) < 4.78 is 0. The molecule has 1 heterocycles. The smallest absolute Gasteiger partial charge is 0.307 e. The summed E-state index contributed by atoms with van der Waals surface area (Å²) in [6.07, 6.45) is 2.14. The number of nitrogens with zero attached hydrogens (tertiary/aromatic N) is 1. The predicted octanol–water partition coefficient (Wildman–Crippen LogP) is 2.77. The van der Waals surface area contributed by atoms with Gasteiger partial charge < -0.3 is 10.0 Å². The summed E-state index contributed by atoms with van der Waals surface area (Å²) in [5.41, 5.74) is 0. The third-order valence-electron chi connectivity index (χ3n) is 4.03. The molecule has 0 spiro atoms. The topological polar surface area (TPSA) is 57.6 Å². The second kappa shape index (κ2) is 5.74. The van der Waals surface area contributed by atoms with E-state index < -0.39 is 11.9 Å². The Bertz CT molecular complexity index is 457. The summed E-state index contributed by atoms with van der Waals surface area (Å²) in [5, 5.41) is 11.2. The molecule has 1 amide bonds. The molecule has 4 nitrogen and oxygen atoms in total. The van der Waals surface area contributed by atoms with E-state index in [4.69, 9.17) is 5.11 Å². The van der Waals surface area contributed by atoms with Crippen molar-refractivity contribution in [3.05, 3.63) is 22.4 Å². The highest BCUT2D eigenvalue weighted by Crippen LogP contribution is 2.35. The molecule has 0 radical (unpaired) electrons. The maximum Gasteiger partial charge on any atom is 0.307 e. The van der Waals surface area contributed by atoms with Crippen LogP contribution in [0, 0.1) is 11.8 Å². The number of carbonyl (C=O) groups is 2. The third-order valence-corrected chi connectivity index (χ3v) is 5.08. The van der Waals surface area contributed by atoms with Crippen molar-refractivity contribution in [1.29, 1.82) is 0 Å². The lowest BCUT2D eigenvalue weighted by Crippen LogP contribution is -2.38. The lowest BCUT2D eigenvalue weighted by atomic mass is 9.94. The Balaban J connectivity index is 2.08. The Kier molecular flexibility index (Phi) is 4.24. The zero-order valence-electron chi connectivity index (χ0n) is 11.2. The third kappa shape index (κ3) is 2.81. The molecule has 1 aliphatic carbocycles. The number of carboxylic acid groups (broad SMARTS) is 1. The fraction of sp³-hybridized carbons (Fsp3) is 0.571. The average molecular weight is 281 g/mol. The van der Waals surface area contributed by atoms with Crippen LogP contribution < -0.4 is 0 Å². The number of hydrogen-bond donors (Lipinski definition) is 1. The normalized spacial score (nSPS) is 24.1. The number of amides is 1. The van der Waals surface area contributed by atoms with Crippen LogP contribution in [0.2, 0.25) is 0 Å². The molecule has 1 saturated carbocycles. The summed E-state index contributed by atoms with van der Waals surface area (Å²) in [5.74, 6) is -1.74. The van der Waals surface area contributed by atoms with Gasteiger partial charge in [-0.2, -0.15) is 0 Å². The fourth-order valence-electron chi connectivity index (χ4n) is 2.72. The van der Waals surface area contributed by atoms with Gasteiger partial charge in [0.05, 0.1) is 17.9 Å². The van der Waals surface area contributed by atoms with E-state index in [-0.39, 0.29) is 17.9 Å². The predicted molar refractivity (Wildman–Crippen MR) is 74.0 cm³/mol. The van der Waals surface area contributed by atoms with Gasteiger partial charge in [-0.3, -0.25) is 9.59 Å². The van der Waals surface area contributed by atoms with E-state index in [1.54, 1.807) is 23.3 Å². The van der Waals surface area contributed by atoms with Crippen LogP contribution in [-0.2, 0) is 9.59 Å². The minimum atomic E-state index is -0.840. The van der Waals surface area contributed by atoms with E-state index in [0.29, 0.717) is 12.8 Å². The first-order valence-corrected chi connectivity index (χ1v) is 7.43. The van der Waals surface area contributed by atoms with Gasteiger partial charge in [-0.05, 0) is 31.2 Å². The largest absolute Gasteiger partial charge is 0.481 e. The van der Waals surface area contributed by atoms with Crippen molar-refractivity contribution >= 4 is 23.2 Å². The van der Waals surface area contributed by atoms with Crippen LogP contribution in [0.4, 0.5) is 0 Å². The van der Waals surface area contributed by atoms with E-state index in [2.05, 4.69) is 0 Å². The van der Waals surface area contributed by atoms with E-state index in [9.17, 15) is 9.59 Å². The number of rotatable bonds is 4. The Morgan fingerprint density at radius 3 is 2.68 bits per heavy atom. The maximum absolute atomic E-state index is 12.5. The van der Waals surface area contributed by atoms with Gasteiger partial charge in [-0.25, -0.2) is 0 Å². The summed E-state index contributed by atoms with van der Waals surface area (Å²) >= 11 is 1.62. The van der Waals surface area contributed by atoms with Crippen LogP contribution in [0.25, 0.3) is 0 Å². The van der Waals surface area contributed by atoms with Crippen LogP contribution >= 0.6 is 11.3 Å². The summed E-state index contributed by atoms with van der Waals surface area (Å²) in [7, 11) is 1.77. The first-order chi connectivity index (χ1) is 9.02. The van der Waals surface area contributed by atoms with Crippen molar-refractivity contribution in [2.45, 2.75) is 32.2 Å². The lowest BCUT2D eigenvalue weighted by molar-refractivity contribution is -0.149. The lowest BCUT2D eigenvalue weighted by Gasteiger charge is -2.28. The molecular weight excluding hydrogens is 262 g/mol. The van der Waals surface area contributed by atoms with Crippen LogP contribution in [0.3, 0.4) is 0 Å². The van der Waals surface area contributed by atoms with Crippen molar-refractivity contribution in [2.24, 2.45) is 11.8 Å². The molecule has 1 aromatic rings. The second-order valence-electron chi connectivity index (χ2n) is 5.12. The molecule has 0 saturated heterocycles. The zero-order valence-corrected chi connectivity index (χ0v) is 12.0. The first-order valence-electron chi connectivity index (χ1n) is 6.55. The summed E-state index contributed by atoms with van der Waals surface area (Å²) in [6.45, 7) is 1.98. The van der Waals surface area contributed by atoms with Crippen molar-refractivity contribution in [3.63, 3.8) is 0 Å². The average Bonchev–Trinajstić information content (AvgIpc) is 3.06. The van der Waals surface area contributed by atoms with Gasteiger partial charge in [0, 0.05) is 11.9 Å². The number of carbonyl (C=O) groups excluding carboxylic acids is 1. The van der Waals surface area contributed by atoms with Crippen LogP contribution in [-0.4, -0.2) is 28.9 Å². The quantitative estimate of drug-likeness (QED) is 0.923. The van der Waals surface area contributed by atoms with Crippen molar-refractivity contribution in [3.8, 4) is 0 Å². The maximum atomic E-state index is 12.5. The molecule has 0 aliphatic heterocycles. The highest BCUT2D eigenvalue weighted by molar-refractivity contribution is 7.10. The van der Waals surface area contributed by atoms with Gasteiger partial charge in [0.2, 0.25) is 5.91 Å². The molecule has 1 fully saturated rings. The van der Waals surface area contributed by atoms with Gasteiger partial charge in [0.1, 0.15) is 0 Å².